The summed E-state index contributed by atoms with van der Waals surface area (Å²) in [4.78, 5) is 0. The lowest BCUT2D eigenvalue weighted by molar-refractivity contribution is 0.357. The Morgan fingerprint density at radius 3 is 3.06 bits per heavy atom. The molecular weight excluding hydrogens is 222 g/mol. The van der Waals surface area contributed by atoms with Gasteiger partial charge in [-0.1, -0.05) is 23.8 Å². The number of rotatable bonds is 3. The number of nitrogens with two attached hydrogens (primary N) is 1. The Bertz CT molecular complexity index is 464. The number of aryl methyl sites for hydroxylation is 1. The average molecular weight is 243 g/mol. The van der Waals surface area contributed by atoms with Gasteiger partial charge in [0.25, 0.3) is 0 Å². The van der Waals surface area contributed by atoms with Crippen molar-refractivity contribution >= 4 is 0 Å². The van der Waals surface area contributed by atoms with Gasteiger partial charge in [0.05, 0.1) is 6.61 Å². The van der Waals surface area contributed by atoms with Gasteiger partial charge in [-0.15, -0.1) is 0 Å². The molecule has 1 atom stereocenters. The molecule has 96 valence electrons. The van der Waals surface area contributed by atoms with E-state index in [0.29, 0.717) is 6.04 Å². The molecule has 2 aliphatic rings. The maximum absolute atomic E-state index is 5.97. The molecule has 0 amide bonds. The standard InChI is InChI=1S/C16H21NO/c17-15-3-1-2-12(11-15)4-5-13-6-7-16-14(10-13)8-9-18-16/h6-7,10-11,15H,1-5,8-9,17H2. The van der Waals surface area contributed by atoms with Crippen molar-refractivity contribution in [2.45, 2.75) is 44.6 Å². The summed E-state index contributed by atoms with van der Waals surface area (Å²) in [5.41, 5.74) is 10.3. The van der Waals surface area contributed by atoms with E-state index in [1.54, 1.807) is 5.57 Å². The molecule has 0 saturated heterocycles. The molecule has 1 aliphatic heterocycles. The number of allylic oxidation sites excluding steroid dienone is 1. The van der Waals surface area contributed by atoms with Gasteiger partial charge in [-0.05, 0) is 49.3 Å². The smallest absolute Gasteiger partial charge is 0.122 e. The Balaban J connectivity index is 1.63. The normalized spacial score (nSPS) is 22.3. The molecule has 1 unspecified atom stereocenters. The summed E-state index contributed by atoms with van der Waals surface area (Å²) in [5.74, 6) is 1.08. The van der Waals surface area contributed by atoms with Gasteiger partial charge >= 0.3 is 0 Å². The van der Waals surface area contributed by atoms with Crippen LogP contribution in [0.1, 0.15) is 36.8 Å². The van der Waals surface area contributed by atoms with Crippen molar-refractivity contribution in [3.05, 3.63) is 41.0 Å². The topological polar surface area (TPSA) is 35.2 Å². The van der Waals surface area contributed by atoms with Crippen LogP contribution in [0.4, 0.5) is 0 Å². The van der Waals surface area contributed by atoms with E-state index in [1.807, 2.05) is 0 Å². The van der Waals surface area contributed by atoms with Crippen LogP contribution in [0.2, 0.25) is 0 Å². The summed E-state index contributed by atoms with van der Waals surface area (Å²) in [6.07, 6.45) is 9.28. The minimum Gasteiger partial charge on any atom is -0.493 e. The zero-order valence-corrected chi connectivity index (χ0v) is 10.8. The molecule has 1 aromatic rings. The molecule has 3 rings (SSSR count). The van der Waals surface area contributed by atoms with Crippen molar-refractivity contribution in [2.24, 2.45) is 5.73 Å². The molecule has 0 bridgehead atoms. The molecule has 0 fully saturated rings. The average Bonchev–Trinajstić information content (AvgIpc) is 2.84. The van der Waals surface area contributed by atoms with Gasteiger partial charge in [-0.3, -0.25) is 0 Å². The molecule has 2 N–H and O–H groups in total. The van der Waals surface area contributed by atoms with Crippen LogP contribution in [0, 0.1) is 0 Å². The van der Waals surface area contributed by atoms with Gasteiger partial charge in [0, 0.05) is 12.5 Å². The van der Waals surface area contributed by atoms with Crippen molar-refractivity contribution < 1.29 is 4.74 Å². The van der Waals surface area contributed by atoms with E-state index in [0.717, 1.165) is 38.0 Å². The van der Waals surface area contributed by atoms with Crippen molar-refractivity contribution in [2.75, 3.05) is 6.61 Å². The van der Waals surface area contributed by atoms with Crippen LogP contribution in [0.3, 0.4) is 0 Å². The number of ether oxygens (including phenoxy) is 1. The van der Waals surface area contributed by atoms with Crippen LogP contribution >= 0.6 is 0 Å². The summed E-state index contributed by atoms with van der Waals surface area (Å²) in [6, 6.07) is 6.93. The Morgan fingerprint density at radius 2 is 2.17 bits per heavy atom. The molecule has 2 nitrogen and oxygen atoms in total. The number of benzene rings is 1. The van der Waals surface area contributed by atoms with Crippen molar-refractivity contribution in [1.29, 1.82) is 0 Å². The van der Waals surface area contributed by atoms with Gasteiger partial charge in [0.15, 0.2) is 0 Å². The largest absolute Gasteiger partial charge is 0.493 e. The highest BCUT2D eigenvalue weighted by Crippen LogP contribution is 2.27. The number of hydrogen-bond acceptors (Lipinski definition) is 2. The van der Waals surface area contributed by atoms with Crippen LogP contribution in [-0.4, -0.2) is 12.6 Å². The summed E-state index contributed by atoms with van der Waals surface area (Å²) in [7, 11) is 0. The predicted octanol–water partition coefficient (Wildman–Crippen LogP) is 2.99. The third kappa shape index (κ3) is 2.59. The van der Waals surface area contributed by atoms with Gasteiger partial charge in [0.2, 0.25) is 0 Å². The van der Waals surface area contributed by atoms with E-state index in [2.05, 4.69) is 24.3 Å². The fraction of sp³-hybridized carbons (Fsp3) is 0.500. The second-order valence-corrected chi connectivity index (χ2v) is 5.42. The third-order valence-electron chi connectivity index (χ3n) is 3.97. The summed E-state index contributed by atoms with van der Waals surface area (Å²) >= 11 is 0. The summed E-state index contributed by atoms with van der Waals surface area (Å²) in [5, 5.41) is 0. The summed E-state index contributed by atoms with van der Waals surface area (Å²) < 4.78 is 5.53. The zero-order valence-electron chi connectivity index (χ0n) is 10.8. The highest BCUT2D eigenvalue weighted by Gasteiger charge is 2.13. The lowest BCUT2D eigenvalue weighted by atomic mass is 9.92. The maximum Gasteiger partial charge on any atom is 0.122 e. The van der Waals surface area contributed by atoms with Crippen LogP contribution in [-0.2, 0) is 12.8 Å². The van der Waals surface area contributed by atoms with Gasteiger partial charge in [0.1, 0.15) is 5.75 Å². The first-order valence-electron chi connectivity index (χ1n) is 7.01. The quantitative estimate of drug-likeness (QED) is 0.828. The van der Waals surface area contributed by atoms with E-state index in [4.69, 9.17) is 10.5 Å². The molecule has 1 aromatic carbocycles. The highest BCUT2D eigenvalue weighted by molar-refractivity contribution is 5.40. The SMILES string of the molecule is NC1C=C(CCc2ccc3c(c2)CCO3)CCC1. The minimum absolute atomic E-state index is 0.294. The van der Waals surface area contributed by atoms with Crippen LogP contribution in [0.5, 0.6) is 5.75 Å². The van der Waals surface area contributed by atoms with Gasteiger partial charge < -0.3 is 10.5 Å². The molecule has 0 radical (unpaired) electrons. The lowest BCUT2D eigenvalue weighted by Crippen LogP contribution is -2.20. The van der Waals surface area contributed by atoms with Crippen LogP contribution < -0.4 is 10.5 Å². The second-order valence-electron chi connectivity index (χ2n) is 5.42. The number of hydrogen-bond donors (Lipinski definition) is 1. The third-order valence-corrected chi connectivity index (χ3v) is 3.97. The molecule has 1 aliphatic carbocycles. The first kappa shape index (κ1) is 11.8. The Morgan fingerprint density at radius 1 is 1.22 bits per heavy atom. The fourth-order valence-electron chi connectivity index (χ4n) is 2.94. The summed E-state index contributed by atoms with van der Waals surface area (Å²) in [6.45, 7) is 0.846. The fourth-order valence-corrected chi connectivity index (χ4v) is 2.94. The van der Waals surface area contributed by atoms with E-state index in [-0.39, 0.29) is 0 Å². The Kier molecular flexibility index (Phi) is 3.37. The van der Waals surface area contributed by atoms with Crippen LogP contribution in [0.15, 0.2) is 29.8 Å². The van der Waals surface area contributed by atoms with E-state index in [9.17, 15) is 0 Å². The van der Waals surface area contributed by atoms with Crippen molar-refractivity contribution in [3.63, 3.8) is 0 Å². The predicted molar refractivity (Wildman–Crippen MR) is 73.9 cm³/mol. The zero-order chi connectivity index (χ0) is 12.4. The Hall–Kier alpha value is -1.28. The molecule has 18 heavy (non-hydrogen) atoms. The molecule has 0 aromatic heterocycles. The molecule has 2 heteroatoms. The maximum atomic E-state index is 5.97. The number of fused-ring (bicyclic) bond motifs is 1. The van der Waals surface area contributed by atoms with E-state index < -0.39 is 0 Å². The van der Waals surface area contributed by atoms with Crippen molar-refractivity contribution in [1.82, 2.24) is 0 Å². The Labute approximate surface area is 109 Å². The monoisotopic (exact) mass is 243 g/mol. The van der Waals surface area contributed by atoms with E-state index >= 15 is 0 Å². The molecular formula is C16H21NO. The lowest BCUT2D eigenvalue weighted by Gasteiger charge is -2.17. The first-order valence-corrected chi connectivity index (χ1v) is 7.01. The van der Waals surface area contributed by atoms with Gasteiger partial charge in [-0.2, -0.15) is 0 Å². The second kappa shape index (κ2) is 5.15. The van der Waals surface area contributed by atoms with Crippen LogP contribution in [0.25, 0.3) is 0 Å². The molecule has 0 saturated carbocycles. The van der Waals surface area contributed by atoms with Gasteiger partial charge in [-0.25, -0.2) is 0 Å². The molecule has 1 heterocycles. The first-order chi connectivity index (χ1) is 8.81. The van der Waals surface area contributed by atoms with E-state index in [1.165, 1.54) is 24.0 Å². The minimum atomic E-state index is 0.294. The highest BCUT2D eigenvalue weighted by atomic mass is 16.5. The molecule has 0 spiro atoms. The van der Waals surface area contributed by atoms with Crippen molar-refractivity contribution in [3.8, 4) is 5.75 Å².